The Morgan fingerprint density at radius 3 is 2.53 bits per heavy atom. The molecule has 0 aliphatic carbocycles. The van der Waals surface area contributed by atoms with Crippen LogP contribution in [0, 0.1) is 0 Å². The van der Waals surface area contributed by atoms with Gasteiger partial charge in [0.25, 0.3) is 0 Å². The van der Waals surface area contributed by atoms with Crippen LogP contribution in [0.5, 0.6) is 11.5 Å². The number of phenolic OH excluding ortho intramolecular Hbond substituents is 1. The molecule has 0 radical (unpaired) electrons. The smallest absolute Gasteiger partial charge is 0.508 e. The number of rotatable bonds is 3. The normalized spacial score (nSPS) is 13.2. The molecule has 1 N–H and O–H groups in total. The van der Waals surface area contributed by atoms with Crippen LogP contribution in [0.15, 0.2) is 18.2 Å². The van der Waals surface area contributed by atoms with E-state index in [0.717, 1.165) is 18.2 Å². The Morgan fingerprint density at radius 2 is 2.06 bits per heavy atom. The fourth-order valence-electron chi connectivity index (χ4n) is 1.15. The average molecular weight is 313 g/mol. The van der Waals surface area contributed by atoms with Gasteiger partial charge in [0, 0.05) is 5.56 Å². The molecular formula is C10H8BrF3O3. The highest BCUT2D eigenvalue weighted by Crippen LogP contribution is 2.35. The Morgan fingerprint density at radius 1 is 1.47 bits per heavy atom. The Kier molecular flexibility index (Phi) is 4.03. The average Bonchev–Trinajstić information content (AvgIpc) is 2.17. The first kappa shape index (κ1) is 13.8. The lowest BCUT2D eigenvalue weighted by Gasteiger charge is -2.13. The fourth-order valence-corrected chi connectivity index (χ4v) is 1.52. The van der Waals surface area contributed by atoms with Crippen molar-refractivity contribution in [3.05, 3.63) is 23.8 Å². The van der Waals surface area contributed by atoms with Crippen molar-refractivity contribution in [1.82, 2.24) is 0 Å². The third-order valence-corrected chi connectivity index (χ3v) is 3.00. The van der Waals surface area contributed by atoms with Crippen molar-refractivity contribution in [3.8, 4) is 11.5 Å². The van der Waals surface area contributed by atoms with E-state index in [1.165, 1.54) is 6.92 Å². The summed E-state index contributed by atoms with van der Waals surface area (Å²) in [5.41, 5.74) is 0.0271. The molecule has 7 heteroatoms. The van der Waals surface area contributed by atoms with Crippen LogP contribution in [0.4, 0.5) is 13.2 Å². The predicted molar refractivity (Wildman–Crippen MR) is 57.1 cm³/mol. The summed E-state index contributed by atoms with van der Waals surface area (Å²) < 4.78 is 39.6. The topological polar surface area (TPSA) is 46.5 Å². The monoisotopic (exact) mass is 312 g/mol. The minimum Gasteiger partial charge on any atom is -0.508 e. The van der Waals surface area contributed by atoms with Gasteiger partial charge in [0.1, 0.15) is 22.1 Å². The lowest BCUT2D eigenvalue weighted by atomic mass is 10.1. The highest BCUT2D eigenvalue weighted by Gasteiger charge is 2.31. The zero-order valence-corrected chi connectivity index (χ0v) is 10.2. The number of phenols is 1. The van der Waals surface area contributed by atoms with E-state index in [4.69, 9.17) is 0 Å². The number of ether oxygens (including phenoxy) is 1. The van der Waals surface area contributed by atoms with Crippen LogP contribution in [-0.2, 0) is 4.79 Å². The molecule has 0 aromatic heterocycles. The first-order chi connectivity index (χ1) is 7.70. The third kappa shape index (κ3) is 3.92. The largest absolute Gasteiger partial charge is 0.573 e. The molecule has 0 heterocycles. The minimum absolute atomic E-state index is 0.0271. The number of carbonyl (C=O) groups is 1. The molecule has 1 rings (SSSR count). The molecule has 0 bridgehead atoms. The molecule has 94 valence electrons. The van der Waals surface area contributed by atoms with Gasteiger partial charge in [-0.1, -0.05) is 15.9 Å². The van der Waals surface area contributed by atoms with E-state index in [1.54, 1.807) is 0 Å². The number of alkyl halides is 4. The molecular weight excluding hydrogens is 305 g/mol. The molecule has 0 saturated heterocycles. The molecule has 3 nitrogen and oxygen atoms in total. The molecule has 0 amide bonds. The number of hydrogen-bond donors (Lipinski definition) is 1. The van der Waals surface area contributed by atoms with E-state index in [1.807, 2.05) is 0 Å². The Hall–Kier alpha value is -1.24. The summed E-state index contributed by atoms with van der Waals surface area (Å²) in [6.45, 7) is 1.25. The van der Waals surface area contributed by atoms with E-state index >= 15 is 0 Å². The van der Waals surface area contributed by atoms with Crippen molar-refractivity contribution >= 4 is 21.7 Å². The molecule has 0 aliphatic rings. The minimum atomic E-state index is -4.81. The first-order valence-electron chi connectivity index (χ1n) is 4.44. The molecule has 1 aromatic rings. The third-order valence-electron chi connectivity index (χ3n) is 1.86. The van der Waals surface area contributed by atoms with E-state index in [9.17, 15) is 23.1 Å². The molecule has 0 aliphatic heterocycles. The highest BCUT2D eigenvalue weighted by molar-refractivity contribution is 9.09. The van der Waals surface area contributed by atoms with Gasteiger partial charge in [0.2, 0.25) is 0 Å². The second kappa shape index (κ2) is 4.95. The van der Waals surface area contributed by atoms with Crippen LogP contribution in [0.2, 0.25) is 0 Å². The van der Waals surface area contributed by atoms with E-state index in [-0.39, 0.29) is 17.1 Å². The SMILES string of the molecule is CC(=O)C(Br)c1cc(OC(F)(F)F)ccc1O. The maximum Gasteiger partial charge on any atom is 0.573 e. The maximum atomic E-state index is 12.0. The zero-order chi connectivity index (χ0) is 13.2. The van der Waals surface area contributed by atoms with Crippen molar-refractivity contribution in [1.29, 1.82) is 0 Å². The lowest BCUT2D eigenvalue weighted by molar-refractivity contribution is -0.274. The van der Waals surface area contributed by atoms with E-state index < -0.39 is 16.9 Å². The summed E-state index contributed by atoms with van der Waals surface area (Å²) in [6.07, 6.45) is -4.81. The number of carbonyl (C=O) groups excluding carboxylic acids is 1. The van der Waals surface area contributed by atoms with Crippen LogP contribution < -0.4 is 4.74 Å². The Balaban J connectivity index is 3.06. The van der Waals surface area contributed by atoms with Crippen LogP contribution in [0.3, 0.4) is 0 Å². The summed E-state index contributed by atoms with van der Waals surface area (Å²) in [5, 5.41) is 9.43. The molecule has 0 saturated carbocycles. The first-order valence-corrected chi connectivity index (χ1v) is 5.35. The van der Waals surface area contributed by atoms with Crippen molar-refractivity contribution < 1.29 is 27.8 Å². The van der Waals surface area contributed by atoms with Crippen LogP contribution in [0.25, 0.3) is 0 Å². The van der Waals surface area contributed by atoms with Gasteiger partial charge in [0.15, 0.2) is 0 Å². The van der Waals surface area contributed by atoms with Crippen molar-refractivity contribution in [3.63, 3.8) is 0 Å². The standard InChI is InChI=1S/C10H8BrF3O3/c1-5(15)9(11)7-4-6(2-3-8(7)16)17-10(12,13)14/h2-4,9,16H,1H3. The van der Waals surface area contributed by atoms with Crippen molar-refractivity contribution in [2.75, 3.05) is 0 Å². The summed E-state index contributed by atoms with van der Waals surface area (Å²) in [7, 11) is 0. The highest BCUT2D eigenvalue weighted by atomic mass is 79.9. The second-order valence-electron chi connectivity index (χ2n) is 3.24. The molecule has 0 fully saturated rings. The molecule has 1 atom stereocenters. The second-order valence-corrected chi connectivity index (χ2v) is 4.16. The molecule has 1 unspecified atom stereocenters. The summed E-state index contributed by atoms with van der Waals surface area (Å²) in [6, 6.07) is 2.96. The molecule has 0 spiro atoms. The molecule has 1 aromatic carbocycles. The van der Waals surface area contributed by atoms with E-state index in [2.05, 4.69) is 20.7 Å². The lowest BCUT2D eigenvalue weighted by Crippen LogP contribution is -2.17. The van der Waals surface area contributed by atoms with E-state index in [0.29, 0.717) is 0 Å². The molecule has 17 heavy (non-hydrogen) atoms. The fraction of sp³-hybridized carbons (Fsp3) is 0.300. The van der Waals surface area contributed by atoms with Crippen molar-refractivity contribution in [2.45, 2.75) is 18.1 Å². The maximum absolute atomic E-state index is 12.0. The van der Waals surface area contributed by atoms with Gasteiger partial charge in [0.05, 0.1) is 0 Å². The van der Waals surface area contributed by atoms with Crippen LogP contribution in [0.1, 0.15) is 17.3 Å². The van der Waals surface area contributed by atoms with Gasteiger partial charge in [-0.05, 0) is 25.1 Å². The van der Waals surface area contributed by atoms with Gasteiger partial charge in [-0.25, -0.2) is 0 Å². The number of benzene rings is 1. The van der Waals surface area contributed by atoms with Gasteiger partial charge in [-0.15, -0.1) is 13.2 Å². The number of halogens is 4. The van der Waals surface area contributed by atoms with Gasteiger partial charge < -0.3 is 9.84 Å². The van der Waals surface area contributed by atoms with Crippen LogP contribution in [-0.4, -0.2) is 17.3 Å². The zero-order valence-electron chi connectivity index (χ0n) is 8.58. The number of aromatic hydroxyl groups is 1. The number of Topliss-reactive ketones (excluding diaryl/α,β-unsaturated/α-hetero) is 1. The summed E-state index contributed by atoms with van der Waals surface area (Å²) in [5.74, 6) is -1.11. The van der Waals surface area contributed by atoms with Crippen molar-refractivity contribution in [2.24, 2.45) is 0 Å². The van der Waals surface area contributed by atoms with Crippen LogP contribution >= 0.6 is 15.9 Å². The van der Waals surface area contributed by atoms with Gasteiger partial charge in [-0.3, -0.25) is 4.79 Å². The summed E-state index contributed by atoms with van der Waals surface area (Å²) in [4.78, 5) is 10.2. The predicted octanol–water partition coefficient (Wildman–Crippen LogP) is 3.32. The Bertz CT molecular complexity index is 431. The summed E-state index contributed by atoms with van der Waals surface area (Å²) >= 11 is 2.97. The Labute approximate surface area is 103 Å². The number of hydrogen-bond acceptors (Lipinski definition) is 3. The quantitative estimate of drug-likeness (QED) is 0.871. The van der Waals surface area contributed by atoms with Gasteiger partial charge >= 0.3 is 6.36 Å². The van der Waals surface area contributed by atoms with Gasteiger partial charge in [-0.2, -0.15) is 0 Å². The number of ketones is 1.